The first-order valence-corrected chi connectivity index (χ1v) is 7.32. The molecule has 118 valence electrons. The van der Waals surface area contributed by atoms with Crippen molar-refractivity contribution in [3.8, 4) is 5.75 Å². The highest BCUT2D eigenvalue weighted by Gasteiger charge is 2.01. The number of carbonyl (C=O) groups is 1. The smallest absolute Gasteiger partial charge is 0.317 e. The Morgan fingerprint density at radius 1 is 1.19 bits per heavy atom. The van der Waals surface area contributed by atoms with Crippen molar-refractivity contribution in [3.05, 3.63) is 29.3 Å². The van der Waals surface area contributed by atoms with Crippen LogP contribution in [0.25, 0.3) is 0 Å². The lowest BCUT2D eigenvalue weighted by atomic mass is 10.1. The second-order valence-corrected chi connectivity index (χ2v) is 5.24. The van der Waals surface area contributed by atoms with Gasteiger partial charge in [-0.25, -0.2) is 4.79 Å². The van der Waals surface area contributed by atoms with Crippen molar-refractivity contribution in [2.75, 3.05) is 19.9 Å². The minimum Gasteiger partial charge on any atom is -0.473 e. The number of hydrogen-bond donors (Lipinski definition) is 2. The Morgan fingerprint density at radius 2 is 1.95 bits per heavy atom. The second kappa shape index (κ2) is 9.23. The van der Waals surface area contributed by atoms with Crippen LogP contribution in [-0.2, 0) is 4.74 Å². The van der Waals surface area contributed by atoms with Gasteiger partial charge in [-0.05, 0) is 57.4 Å². The van der Waals surface area contributed by atoms with E-state index in [4.69, 9.17) is 9.47 Å². The molecular formula is C16H26N2O3. The van der Waals surface area contributed by atoms with E-state index >= 15 is 0 Å². The predicted octanol–water partition coefficient (Wildman–Crippen LogP) is 2.75. The van der Waals surface area contributed by atoms with Crippen molar-refractivity contribution in [1.82, 2.24) is 10.6 Å². The monoisotopic (exact) mass is 294 g/mol. The molecule has 5 nitrogen and oxygen atoms in total. The molecule has 2 N–H and O–H groups in total. The number of hydrogen-bond acceptors (Lipinski definition) is 3. The molecule has 0 spiro atoms. The highest BCUT2D eigenvalue weighted by atomic mass is 16.5. The highest BCUT2D eigenvalue weighted by Crippen LogP contribution is 2.15. The first-order valence-electron chi connectivity index (χ1n) is 7.32. The Bertz CT molecular complexity index is 447. The molecule has 5 heteroatoms. The van der Waals surface area contributed by atoms with Crippen molar-refractivity contribution in [1.29, 1.82) is 0 Å². The number of aryl methyl sites for hydroxylation is 2. The summed E-state index contributed by atoms with van der Waals surface area (Å²) in [5, 5.41) is 5.40. The van der Waals surface area contributed by atoms with Gasteiger partial charge in [0.15, 0.2) is 6.73 Å². The van der Waals surface area contributed by atoms with E-state index in [1.165, 1.54) is 11.1 Å². The van der Waals surface area contributed by atoms with Gasteiger partial charge in [0, 0.05) is 13.2 Å². The predicted molar refractivity (Wildman–Crippen MR) is 83.7 cm³/mol. The molecule has 0 aliphatic rings. The van der Waals surface area contributed by atoms with E-state index < -0.39 is 0 Å². The van der Waals surface area contributed by atoms with E-state index in [9.17, 15) is 4.79 Å². The summed E-state index contributed by atoms with van der Waals surface area (Å²) in [5.74, 6) is 0.753. The molecular weight excluding hydrogens is 268 g/mol. The van der Waals surface area contributed by atoms with Gasteiger partial charge in [0.1, 0.15) is 5.75 Å². The van der Waals surface area contributed by atoms with Crippen molar-refractivity contribution in [2.45, 2.75) is 40.2 Å². The molecule has 0 aromatic heterocycles. The maximum atomic E-state index is 11.5. The number of ether oxygens (including phenoxy) is 2. The molecule has 0 saturated carbocycles. The summed E-state index contributed by atoms with van der Waals surface area (Å²) in [6.07, 6.45) is 1.02. The summed E-state index contributed by atoms with van der Waals surface area (Å²) >= 11 is 0. The molecule has 0 atom stereocenters. The number of carbonyl (C=O) groups excluding carboxylic acids is 1. The lowest BCUT2D eigenvalue weighted by Gasteiger charge is -2.11. The summed E-state index contributed by atoms with van der Waals surface area (Å²) < 4.78 is 10.9. The zero-order valence-corrected chi connectivity index (χ0v) is 13.4. The maximum Gasteiger partial charge on any atom is 0.317 e. The molecule has 0 aliphatic heterocycles. The second-order valence-electron chi connectivity index (χ2n) is 5.24. The third-order valence-electron chi connectivity index (χ3n) is 3.01. The fourth-order valence-electron chi connectivity index (χ4n) is 1.64. The molecule has 0 saturated heterocycles. The molecule has 0 heterocycles. The normalized spacial score (nSPS) is 10.5. The fraction of sp³-hybridized carbons (Fsp3) is 0.562. The summed E-state index contributed by atoms with van der Waals surface area (Å²) in [6.45, 7) is 9.44. The first-order chi connectivity index (χ1) is 9.99. The average molecular weight is 294 g/mol. The van der Waals surface area contributed by atoms with Crippen LogP contribution in [0.3, 0.4) is 0 Å². The zero-order valence-electron chi connectivity index (χ0n) is 13.4. The van der Waals surface area contributed by atoms with E-state index in [-0.39, 0.29) is 18.9 Å². The van der Waals surface area contributed by atoms with Crippen LogP contribution in [0.4, 0.5) is 4.79 Å². The van der Waals surface area contributed by atoms with E-state index in [2.05, 4.69) is 10.6 Å². The molecule has 21 heavy (non-hydrogen) atoms. The molecule has 0 radical (unpaired) electrons. The van der Waals surface area contributed by atoms with Crippen LogP contribution >= 0.6 is 0 Å². The van der Waals surface area contributed by atoms with Crippen LogP contribution < -0.4 is 15.4 Å². The largest absolute Gasteiger partial charge is 0.473 e. The van der Waals surface area contributed by atoms with Crippen LogP contribution in [0.5, 0.6) is 5.75 Å². The van der Waals surface area contributed by atoms with Crippen LogP contribution in [-0.4, -0.2) is 32.0 Å². The number of nitrogens with one attached hydrogen (secondary N) is 2. The van der Waals surface area contributed by atoms with E-state index in [0.29, 0.717) is 13.2 Å². The van der Waals surface area contributed by atoms with Crippen molar-refractivity contribution < 1.29 is 14.3 Å². The third kappa shape index (κ3) is 7.56. The molecule has 1 rings (SSSR count). The van der Waals surface area contributed by atoms with Crippen LogP contribution in [0.15, 0.2) is 18.2 Å². The topological polar surface area (TPSA) is 59.6 Å². The summed E-state index contributed by atoms with van der Waals surface area (Å²) in [5.41, 5.74) is 2.39. The van der Waals surface area contributed by atoms with E-state index in [0.717, 1.165) is 12.2 Å². The zero-order chi connectivity index (χ0) is 15.7. The van der Waals surface area contributed by atoms with Crippen LogP contribution in [0, 0.1) is 13.8 Å². The van der Waals surface area contributed by atoms with Crippen LogP contribution in [0.1, 0.15) is 31.4 Å². The summed E-state index contributed by atoms with van der Waals surface area (Å²) in [6, 6.07) is 5.62. The number of benzene rings is 1. The van der Waals surface area contributed by atoms with Gasteiger partial charge in [-0.1, -0.05) is 6.07 Å². The van der Waals surface area contributed by atoms with Gasteiger partial charge in [0.2, 0.25) is 0 Å². The number of urea groups is 1. The van der Waals surface area contributed by atoms with Gasteiger partial charge in [0.05, 0.1) is 6.10 Å². The molecule has 0 aliphatic carbocycles. The summed E-state index contributed by atoms with van der Waals surface area (Å²) in [7, 11) is 0. The quantitative estimate of drug-likeness (QED) is 0.572. The first kappa shape index (κ1) is 17.3. The Hall–Kier alpha value is -1.75. The highest BCUT2D eigenvalue weighted by molar-refractivity contribution is 5.73. The number of amides is 2. The van der Waals surface area contributed by atoms with Gasteiger partial charge < -0.3 is 20.1 Å². The minimum atomic E-state index is -0.233. The lowest BCUT2D eigenvalue weighted by molar-refractivity contribution is 0.0774. The van der Waals surface area contributed by atoms with Gasteiger partial charge in [-0.15, -0.1) is 0 Å². The van der Waals surface area contributed by atoms with Crippen LogP contribution in [0.2, 0.25) is 0 Å². The van der Waals surface area contributed by atoms with Gasteiger partial charge in [-0.2, -0.15) is 0 Å². The molecule has 1 aromatic carbocycles. The minimum absolute atomic E-state index is 0.150. The average Bonchev–Trinajstić information content (AvgIpc) is 2.42. The Balaban J connectivity index is 2.11. The van der Waals surface area contributed by atoms with E-state index in [1.807, 2.05) is 45.9 Å². The van der Waals surface area contributed by atoms with Crippen molar-refractivity contribution >= 4 is 6.03 Å². The Morgan fingerprint density at radius 3 is 2.62 bits per heavy atom. The number of rotatable bonds is 8. The van der Waals surface area contributed by atoms with Gasteiger partial charge >= 0.3 is 6.03 Å². The SMILES string of the molecule is Cc1ccc(OCNC(=O)NCCCOC(C)C)cc1C. The van der Waals surface area contributed by atoms with Gasteiger partial charge in [0.25, 0.3) is 0 Å². The van der Waals surface area contributed by atoms with Crippen molar-refractivity contribution in [3.63, 3.8) is 0 Å². The third-order valence-corrected chi connectivity index (χ3v) is 3.01. The molecule has 0 fully saturated rings. The molecule has 0 unspecified atom stereocenters. The maximum absolute atomic E-state index is 11.5. The Kier molecular flexibility index (Phi) is 7.61. The van der Waals surface area contributed by atoms with E-state index in [1.54, 1.807) is 0 Å². The fourth-order valence-corrected chi connectivity index (χ4v) is 1.64. The molecule has 1 aromatic rings. The Labute approximate surface area is 127 Å². The van der Waals surface area contributed by atoms with Crippen molar-refractivity contribution in [2.24, 2.45) is 0 Å². The summed E-state index contributed by atoms with van der Waals surface area (Å²) in [4.78, 5) is 11.5. The molecule has 0 bridgehead atoms. The van der Waals surface area contributed by atoms with Gasteiger partial charge in [-0.3, -0.25) is 0 Å². The molecule has 2 amide bonds. The lowest BCUT2D eigenvalue weighted by Crippen LogP contribution is -2.38. The standard InChI is InChI=1S/C16H26N2O3/c1-12(2)20-9-5-8-17-16(19)18-11-21-15-7-6-13(3)14(4)10-15/h6-7,10,12H,5,8-9,11H2,1-4H3,(H2,17,18,19).